The van der Waals surface area contributed by atoms with E-state index in [0.29, 0.717) is 22.8 Å². The fourth-order valence-electron chi connectivity index (χ4n) is 2.39. The molecule has 1 atom stereocenters. The van der Waals surface area contributed by atoms with Gasteiger partial charge < -0.3 is 15.3 Å². The number of nitrogens with one attached hydrogen (secondary N) is 1. The highest BCUT2D eigenvalue weighted by atomic mass is 35.5. The average Bonchev–Trinajstić information content (AvgIpc) is 2.74. The predicted octanol–water partition coefficient (Wildman–Crippen LogP) is 2.36. The molecule has 0 fully saturated rings. The number of benzene rings is 1. The van der Waals surface area contributed by atoms with E-state index in [1.165, 1.54) is 0 Å². The maximum atomic E-state index is 11.5. The summed E-state index contributed by atoms with van der Waals surface area (Å²) in [6.07, 6.45) is 2.34. The number of halogens is 1. The minimum Gasteiger partial charge on any atom is -0.378 e. The van der Waals surface area contributed by atoms with Crippen molar-refractivity contribution >= 4 is 28.9 Å². The van der Waals surface area contributed by atoms with Crippen LogP contribution in [0.2, 0.25) is 5.02 Å². The van der Waals surface area contributed by atoms with E-state index in [-0.39, 0.29) is 0 Å². The molecule has 1 aliphatic heterocycles. The van der Waals surface area contributed by atoms with Crippen molar-refractivity contribution in [1.82, 2.24) is 4.98 Å². The molecular weight excluding hydrogens is 290 g/mol. The highest BCUT2D eigenvalue weighted by Crippen LogP contribution is 2.38. The van der Waals surface area contributed by atoms with Gasteiger partial charge in [-0.2, -0.15) is 0 Å². The molecule has 1 aliphatic rings. The van der Waals surface area contributed by atoms with Crippen LogP contribution in [-0.4, -0.2) is 23.0 Å². The van der Waals surface area contributed by atoms with E-state index < -0.39 is 12.0 Å². The molecule has 1 amide bonds. The Morgan fingerprint density at radius 3 is 2.81 bits per heavy atom. The minimum absolute atomic E-state index is 0.421. The van der Waals surface area contributed by atoms with Gasteiger partial charge in [0, 0.05) is 37.2 Å². The Kier molecular flexibility index (Phi) is 3.53. The molecule has 1 aromatic carbocycles. The number of pyridine rings is 1. The van der Waals surface area contributed by atoms with Crippen LogP contribution in [0.1, 0.15) is 17.2 Å². The lowest BCUT2D eigenvalue weighted by molar-refractivity contribution is -0.123. The zero-order valence-electron chi connectivity index (χ0n) is 11.4. The normalized spacial score (nSPS) is 16.5. The van der Waals surface area contributed by atoms with Gasteiger partial charge in [-0.15, -0.1) is 0 Å². The van der Waals surface area contributed by atoms with Gasteiger partial charge in [-0.1, -0.05) is 11.6 Å². The third kappa shape index (κ3) is 2.57. The number of nitrogens with zero attached hydrogens (tertiary/aromatic N) is 2. The lowest BCUT2D eigenvalue weighted by atomic mass is 10.1. The molecule has 0 radical (unpaired) electrons. The van der Waals surface area contributed by atoms with E-state index >= 15 is 0 Å². The van der Waals surface area contributed by atoms with Gasteiger partial charge in [-0.05, 0) is 29.8 Å². The Labute approximate surface area is 127 Å². The number of hydrogen-bond donors (Lipinski definition) is 2. The molecule has 0 saturated carbocycles. The average molecular weight is 304 g/mol. The minimum atomic E-state index is -1.14. The van der Waals surface area contributed by atoms with Crippen LogP contribution in [0.15, 0.2) is 36.7 Å². The quantitative estimate of drug-likeness (QED) is 0.913. The van der Waals surface area contributed by atoms with Crippen LogP contribution in [0.4, 0.5) is 11.4 Å². The fraction of sp³-hybridized carbons (Fsp3) is 0.200. The lowest BCUT2D eigenvalue weighted by Gasteiger charge is -2.21. The summed E-state index contributed by atoms with van der Waals surface area (Å²) in [5, 5.41) is 12.9. The van der Waals surface area contributed by atoms with Crippen LogP contribution in [0.25, 0.3) is 0 Å². The van der Waals surface area contributed by atoms with Gasteiger partial charge in [-0.25, -0.2) is 0 Å². The Hall–Kier alpha value is -2.11. The van der Waals surface area contributed by atoms with E-state index in [0.717, 1.165) is 11.3 Å². The zero-order valence-corrected chi connectivity index (χ0v) is 12.1. The topological polar surface area (TPSA) is 65.5 Å². The second-order valence-corrected chi connectivity index (χ2v) is 5.40. The number of anilines is 2. The van der Waals surface area contributed by atoms with Gasteiger partial charge in [-0.3, -0.25) is 9.78 Å². The van der Waals surface area contributed by atoms with Gasteiger partial charge in [0.15, 0.2) is 6.10 Å². The Balaban J connectivity index is 1.90. The summed E-state index contributed by atoms with van der Waals surface area (Å²) < 4.78 is 0. The van der Waals surface area contributed by atoms with Crippen molar-refractivity contribution in [2.75, 3.05) is 17.3 Å². The van der Waals surface area contributed by atoms with Gasteiger partial charge in [0.2, 0.25) is 0 Å². The van der Waals surface area contributed by atoms with Crippen molar-refractivity contribution in [2.24, 2.45) is 0 Å². The van der Waals surface area contributed by atoms with E-state index in [9.17, 15) is 9.90 Å². The molecule has 2 heterocycles. The molecule has 3 rings (SSSR count). The summed E-state index contributed by atoms with van der Waals surface area (Å²) in [6, 6.07) is 7.29. The molecule has 21 heavy (non-hydrogen) atoms. The highest BCUT2D eigenvalue weighted by Gasteiger charge is 2.29. The van der Waals surface area contributed by atoms with Crippen LogP contribution in [-0.2, 0) is 11.3 Å². The number of rotatable bonds is 3. The first-order valence-electron chi connectivity index (χ1n) is 6.48. The summed E-state index contributed by atoms with van der Waals surface area (Å²) in [5.41, 5.74) is 3.02. The summed E-state index contributed by atoms with van der Waals surface area (Å²) in [5.74, 6) is -0.421. The number of fused-ring (bicyclic) bond motifs is 1. The SMILES string of the molecule is CN(Cc1ccncc1)c1cc2c(cc1Cl)C(O)C(=O)N2. The fourth-order valence-corrected chi connectivity index (χ4v) is 2.71. The molecule has 108 valence electrons. The molecular formula is C15H14ClN3O2. The second kappa shape index (κ2) is 5.35. The summed E-state index contributed by atoms with van der Waals surface area (Å²) in [4.78, 5) is 17.5. The van der Waals surface area contributed by atoms with Crippen molar-refractivity contribution < 1.29 is 9.90 Å². The third-order valence-electron chi connectivity index (χ3n) is 3.50. The third-order valence-corrected chi connectivity index (χ3v) is 3.80. The standard InChI is InChI=1S/C15H14ClN3O2/c1-19(8-9-2-4-17-5-3-9)13-7-12-10(6-11(13)16)14(20)15(21)18-12/h2-7,14,20H,8H2,1H3,(H,18,21). The molecule has 2 N–H and O–H groups in total. The van der Waals surface area contributed by atoms with Gasteiger partial charge >= 0.3 is 0 Å². The zero-order chi connectivity index (χ0) is 15.0. The first-order chi connectivity index (χ1) is 10.1. The number of carbonyl (C=O) groups is 1. The van der Waals surface area contributed by atoms with Crippen molar-refractivity contribution in [2.45, 2.75) is 12.6 Å². The van der Waals surface area contributed by atoms with Crippen LogP contribution in [0.5, 0.6) is 0 Å². The van der Waals surface area contributed by atoms with Crippen LogP contribution in [0.3, 0.4) is 0 Å². The monoisotopic (exact) mass is 303 g/mol. The first-order valence-corrected chi connectivity index (χ1v) is 6.86. The summed E-state index contributed by atoms with van der Waals surface area (Å²) in [7, 11) is 1.92. The van der Waals surface area contributed by atoms with E-state index in [4.69, 9.17) is 11.6 Å². The van der Waals surface area contributed by atoms with Gasteiger partial charge in [0.25, 0.3) is 5.91 Å². The largest absolute Gasteiger partial charge is 0.378 e. The molecule has 0 spiro atoms. The molecule has 0 saturated heterocycles. The smallest absolute Gasteiger partial charge is 0.257 e. The molecule has 1 unspecified atom stereocenters. The highest BCUT2D eigenvalue weighted by molar-refractivity contribution is 6.33. The second-order valence-electron chi connectivity index (χ2n) is 4.99. The Morgan fingerprint density at radius 1 is 1.38 bits per heavy atom. The van der Waals surface area contributed by atoms with Crippen LogP contribution < -0.4 is 10.2 Å². The van der Waals surface area contributed by atoms with Crippen LogP contribution in [0, 0.1) is 0 Å². The molecule has 2 aromatic rings. The Bertz CT molecular complexity index is 691. The lowest BCUT2D eigenvalue weighted by Crippen LogP contribution is -2.17. The number of aliphatic hydroxyl groups excluding tert-OH is 1. The number of aliphatic hydroxyl groups is 1. The van der Waals surface area contributed by atoms with Crippen LogP contribution >= 0.6 is 11.6 Å². The molecule has 0 bridgehead atoms. The van der Waals surface area contributed by atoms with Crippen molar-refractivity contribution in [3.63, 3.8) is 0 Å². The predicted molar refractivity (Wildman–Crippen MR) is 81.4 cm³/mol. The van der Waals surface area contributed by atoms with E-state index in [1.54, 1.807) is 24.5 Å². The van der Waals surface area contributed by atoms with Crippen molar-refractivity contribution in [3.05, 3.63) is 52.8 Å². The van der Waals surface area contributed by atoms with Crippen molar-refractivity contribution in [3.8, 4) is 0 Å². The first kappa shape index (κ1) is 13.9. The molecule has 1 aromatic heterocycles. The Morgan fingerprint density at radius 2 is 2.10 bits per heavy atom. The summed E-state index contributed by atoms with van der Waals surface area (Å²) in [6.45, 7) is 0.664. The number of amides is 1. The molecule has 0 aliphatic carbocycles. The van der Waals surface area contributed by atoms with Gasteiger partial charge in [0.05, 0.1) is 10.7 Å². The number of aromatic nitrogens is 1. The molecule has 5 nitrogen and oxygen atoms in total. The van der Waals surface area contributed by atoms with Crippen molar-refractivity contribution in [1.29, 1.82) is 0 Å². The van der Waals surface area contributed by atoms with Gasteiger partial charge in [0.1, 0.15) is 0 Å². The van der Waals surface area contributed by atoms with E-state index in [2.05, 4.69) is 10.3 Å². The summed E-state index contributed by atoms with van der Waals surface area (Å²) >= 11 is 6.28. The maximum absolute atomic E-state index is 11.5. The molecule has 6 heteroatoms. The maximum Gasteiger partial charge on any atom is 0.257 e. The number of carbonyl (C=O) groups excluding carboxylic acids is 1. The number of hydrogen-bond acceptors (Lipinski definition) is 4. The van der Waals surface area contributed by atoms with E-state index in [1.807, 2.05) is 24.1 Å².